The molecule has 0 radical (unpaired) electrons. The van der Waals surface area contributed by atoms with Crippen molar-refractivity contribution in [3.05, 3.63) is 66.4 Å². The summed E-state index contributed by atoms with van der Waals surface area (Å²) < 4.78 is 31.1. The van der Waals surface area contributed by atoms with Gasteiger partial charge >= 0.3 is 7.12 Å². The molecule has 4 N–H and O–H groups in total. The maximum absolute atomic E-state index is 13.4. The first kappa shape index (κ1) is 23.5. The van der Waals surface area contributed by atoms with E-state index >= 15 is 0 Å². The van der Waals surface area contributed by atoms with Crippen LogP contribution in [0.5, 0.6) is 0 Å². The summed E-state index contributed by atoms with van der Waals surface area (Å²) in [5.41, 5.74) is 1.54. The minimum absolute atomic E-state index is 0.0863. The van der Waals surface area contributed by atoms with Crippen molar-refractivity contribution in [1.29, 1.82) is 0 Å². The lowest BCUT2D eigenvalue weighted by Gasteiger charge is -2.23. The third-order valence-corrected chi connectivity index (χ3v) is 7.58. The van der Waals surface area contributed by atoms with E-state index in [1.807, 2.05) is 48.0 Å². The molecule has 0 saturated heterocycles. The molecule has 3 aromatic rings. The van der Waals surface area contributed by atoms with Gasteiger partial charge in [0.2, 0.25) is 15.9 Å². The number of hydrogen-bond donors (Lipinski definition) is 4. The van der Waals surface area contributed by atoms with Crippen LogP contribution in [0.25, 0.3) is 10.9 Å². The normalized spacial score (nSPS) is 15.8. The van der Waals surface area contributed by atoms with Gasteiger partial charge in [-0.2, -0.15) is 4.72 Å². The van der Waals surface area contributed by atoms with E-state index in [2.05, 4.69) is 10.0 Å². The van der Waals surface area contributed by atoms with Gasteiger partial charge in [-0.15, -0.1) is 0 Å². The molecule has 10 heteroatoms. The fourth-order valence-corrected chi connectivity index (χ4v) is 5.46. The van der Waals surface area contributed by atoms with Gasteiger partial charge in [0.15, 0.2) is 0 Å². The summed E-state index contributed by atoms with van der Waals surface area (Å²) in [6, 6.07) is 14.7. The molecule has 0 aliphatic heterocycles. The Kier molecular flexibility index (Phi) is 6.90. The topological polar surface area (TPSA) is 121 Å². The maximum atomic E-state index is 13.4. The molecule has 1 aromatic heterocycles. The molecule has 2 atom stereocenters. The van der Waals surface area contributed by atoms with Gasteiger partial charge < -0.3 is 19.9 Å². The van der Waals surface area contributed by atoms with Crippen molar-refractivity contribution < 1.29 is 23.3 Å². The van der Waals surface area contributed by atoms with Crippen molar-refractivity contribution in [1.82, 2.24) is 14.6 Å². The second kappa shape index (κ2) is 9.68. The van der Waals surface area contributed by atoms with Gasteiger partial charge in [0.1, 0.15) is 6.04 Å². The van der Waals surface area contributed by atoms with Crippen LogP contribution < -0.4 is 10.0 Å². The molecular formula is C23H28BN3O5S. The molecule has 0 spiro atoms. The Morgan fingerprint density at radius 2 is 1.85 bits per heavy atom. The van der Waals surface area contributed by atoms with Gasteiger partial charge in [-0.1, -0.05) is 49.2 Å². The SMILES string of the molecule is Cn1ccc2c(S(=O)(=O)N[C@@H](Cc3ccccc3)C(=O)N[C@@H](CC3CC3)B(O)O)cccc21. The van der Waals surface area contributed by atoms with E-state index in [0.717, 1.165) is 23.9 Å². The van der Waals surface area contributed by atoms with Crippen molar-refractivity contribution in [2.45, 2.75) is 42.6 Å². The molecule has 1 aliphatic rings. The number of sulfonamides is 1. The first-order valence-electron chi connectivity index (χ1n) is 11.0. The summed E-state index contributed by atoms with van der Waals surface area (Å²) in [6.07, 6.45) is 4.31. The van der Waals surface area contributed by atoms with Crippen molar-refractivity contribution in [2.75, 3.05) is 0 Å². The lowest BCUT2D eigenvalue weighted by molar-refractivity contribution is -0.123. The molecule has 1 saturated carbocycles. The second-order valence-corrected chi connectivity index (χ2v) is 10.4. The minimum atomic E-state index is -4.05. The van der Waals surface area contributed by atoms with E-state index < -0.39 is 35.0 Å². The largest absolute Gasteiger partial charge is 0.475 e. The fraction of sp³-hybridized carbons (Fsp3) is 0.348. The maximum Gasteiger partial charge on any atom is 0.475 e. The van der Waals surface area contributed by atoms with Gasteiger partial charge in [0.05, 0.1) is 10.8 Å². The third kappa shape index (κ3) is 5.65. The quantitative estimate of drug-likeness (QED) is 0.334. The summed E-state index contributed by atoms with van der Waals surface area (Å²) in [5.74, 6) is -1.11. The smallest absolute Gasteiger partial charge is 0.426 e. The van der Waals surface area contributed by atoms with Crippen LogP contribution in [-0.4, -0.2) is 48.0 Å². The van der Waals surface area contributed by atoms with E-state index in [-0.39, 0.29) is 11.3 Å². The summed E-state index contributed by atoms with van der Waals surface area (Å²) in [4.78, 5) is 13.3. The number of rotatable bonds is 10. The van der Waals surface area contributed by atoms with Gasteiger partial charge in [0.25, 0.3) is 0 Å². The number of aryl methyl sites for hydroxylation is 1. The third-order valence-electron chi connectivity index (χ3n) is 6.05. The Labute approximate surface area is 193 Å². The Bertz CT molecular complexity index is 1230. The Morgan fingerprint density at radius 1 is 1.12 bits per heavy atom. The number of aromatic nitrogens is 1. The van der Waals surface area contributed by atoms with Crippen LogP contribution in [0.3, 0.4) is 0 Å². The standard InChI is InChI=1S/C23H28BN3O5S/c1-27-13-12-18-20(27)8-5-9-21(18)33(31,32)26-19(14-16-6-3-2-4-7-16)23(28)25-22(24(29)30)15-17-10-11-17/h2-9,12-13,17,19,22,26,29-30H,10-11,14-15H2,1H3,(H,25,28)/t19-,22-/m0/s1. The van der Waals surface area contributed by atoms with Crippen molar-refractivity contribution in [3.63, 3.8) is 0 Å². The average molecular weight is 469 g/mol. The zero-order valence-electron chi connectivity index (χ0n) is 18.4. The van der Waals surface area contributed by atoms with Crippen LogP contribution in [0.1, 0.15) is 24.8 Å². The summed E-state index contributed by atoms with van der Waals surface area (Å²) >= 11 is 0. The Morgan fingerprint density at radius 3 is 2.52 bits per heavy atom. The monoisotopic (exact) mass is 469 g/mol. The molecule has 0 bridgehead atoms. The minimum Gasteiger partial charge on any atom is -0.426 e. The summed E-state index contributed by atoms with van der Waals surface area (Å²) in [7, 11) is -3.94. The van der Waals surface area contributed by atoms with Crippen molar-refractivity contribution in [3.8, 4) is 0 Å². The van der Waals surface area contributed by atoms with E-state index in [1.54, 1.807) is 18.3 Å². The van der Waals surface area contributed by atoms with Gasteiger partial charge in [-0.3, -0.25) is 4.79 Å². The number of amides is 1. The highest BCUT2D eigenvalue weighted by molar-refractivity contribution is 7.89. The Balaban J connectivity index is 1.61. The molecule has 4 rings (SSSR count). The first-order chi connectivity index (χ1) is 15.7. The van der Waals surface area contributed by atoms with E-state index in [0.29, 0.717) is 17.7 Å². The lowest BCUT2D eigenvalue weighted by Crippen LogP contribution is -2.54. The van der Waals surface area contributed by atoms with Crippen LogP contribution in [0.4, 0.5) is 0 Å². The van der Waals surface area contributed by atoms with Crippen LogP contribution in [0.15, 0.2) is 65.7 Å². The highest BCUT2D eigenvalue weighted by atomic mass is 32.2. The average Bonchev–Trinajstić information content (AvgIpc) is 3.53. The number of nitrogens with one attached hydrogen (secondary N) is 2. The molecule has 33 heavy (non-hydrogen) atoms. The number of fused-ring (bicyclic) bond motifs is 1. The summed E-state index contributed by atoms with van der Waals surface area (Å²) in [5, 5.41) is 22.7. The van der Waals surface area contributed by atoms with Crippen LogP contribution in [0.2, 0.25) is 0 Å². The van der Waals surface area contributed by atoms with Crippen molar-refractivity contribution >= 4 is 34.0 Å². The van der Waals surface area contributed by atoms with Crippen LogP contribution in [0, 0.1) is 5.92 Å². The molecular weight excluding hydrogens is 441 g/mol. The molecule has 1 fully saturated rings. The predicted molar refractivity (Wildman–Crippen MR) is 127 cm³/mol. The van der Waals surface area contributed by atoms with Gasteiger partial charge in [-0.05, 0) is 42.5 Å². The second-order valence-electron chi connectivity index (χ2n) is 8.69. The predicted octanol–water partition coefficient (Wildman–Crippen LogP) is 1.36. The molecule has 1 aliphatic carbocycles. The number of carbonyl (C=O) groups excluding carboxylic acids is 1. The van der Waals surface area contributed by atoms with E-state index in [9.17, 15) is 23.3 Å². The Hall–Kier alpha value is -2.66. The van der Waals surface area contributed by atoms with E-state index in [1.165, 1.54) is 6.07 Å². The van der Waals surface area contributed by atoms with Crippen LogP contribution in [-0.2, 0) is 28.3 Å². The summed E-state index contributed by atoms with van der Waals surface area (Å²) in [6.45, 7) is 0. The zero-order valence-corrected chi connectivity index (χ0v) is 19.2. The number of carbonyl (C=O) groups is 1. The molecule has 174 valence electrons. The fourth-order valence-electron chi connectivity index (χ4n) is 4.05. The molecule has 8 nitrogen and oxygen atoms in total. The highest BCUT2D eigenvalue weighted by Crippen LogP contribution is 2.33. The van der Waals surface area contributed by atoms with Gasteiger partial charge in [-0.25, -0.2) is 8.42 Å². The number of benzene rings is 2. The van der Waals surface area contributed by atoms with E-state index in [4.69, 9.17) is 0 Å². The number of hydrogen-bond acceptors (Lipinski definition) is 5. The number of nitrogens with zero attached hydrogens (tertiary/aromatic N) is 1. The van der Waals surface area contributed by atoms with Crippen LogP contribution >= 0.6 is 0 Å². The zero-order chi connectivity index (χ0) is 23.6. The first-order valence-corrected chi connectivity index (χ1v) is 12.5. The van der Waals surface area contributed by atoms with Gasteiger partial charge in [0, 0.05) is 24.1 Å². The molecule has 1 heterocycles. The molecule has 1 amide bonds. The lowest BCUT2D eigenvalue weighted by atomic mass is 9.76. The van der Waals surface area contributed by atoms with Crippen molar-refractivity contribution in [2.24, 2.45) is 13.0 Å². The molecule has 0 unspecified atom stereocenters. The molecule has 2 aromatic carbocycles. The highest BCUT2D eigenvalue weighted by Gasteiger charge is 2.35.